The molecule has 1 atom stereocenters. The summed E-state index contributed by atoms with van der Waals surface area (Å²) in [4.78, 5) is 14.5. The van der Waals surface area contributed by atoms with Gasteiger partial charge in [-0.25, -0.2) is 0 Å². The normalized spacial score (nSPS) is 19.5. The largest absolute Gasteiger partial charge is 0.399 e. The van der Waals surface area contributed by atoms with E-state index in [1.54, 1.807) is 0 Å². The molecule has 0 bridgehead atoms. The van der Waals surface area contributed by atoms with Crippen LogP contribution in [0.4, 0.5) is 11.4 Å². The van der Waals surface area contributed by atoms with E-state index in [2.05, 4.69) is 24.1 Å². The van der Waals surface area contributed by atoms with Crippen LogP contribution in [0.15, 0.2) is 18.2 Å². The lowest BCUT2D eigenvalue weighted by molar-refractivity contribution is -0.117. The van der Waals surface area contributed by atoms with Crippen LogP contribution in [0.3, 0.4) is 0 Å². The van der Waals surface area contributed by atoms with Crippen molar-refractivity contribution < 1.29 is 4.79 Å². The molecule has 2 rings (SSSR count). The van der Waals surface area contributed by atoms with Crippen LogP contribution in [0.1, 0.15) is 32.3 Å². The minimum absolute atomic E-state index is 0.0475. The minimum Gasteiger partial charge on any atom is -0.399 e. The molecule has 1 aromatic rings. The summed E-state index contributed by atoms with van der Waals surface area (Å²) >= 11 is 0. The summed E-state index contributed by atoms with van der Waals surface area (Å²) in [7, 11) is 0. The minimum atomic E-state index is 0.0475. The van der Waals surface area contributed by atoms with Crippen LogP contribution in [0.5, 0.6) is 0 Å². The number of anilines is 2. The topological polar surface area (TPSA) is 58.4 Å². The van der Waals surface area contributed by atoms with Gasteiger partial charge in [-0.1, -0.05) is 19.9 Å². The van der Waals surface area contributed by atoms with Crippen LogP contribution in [-0.4, -0.2) is 29.9 Å². The molecule has 1 aliphatic rings. The van der Waals surface area contributed by atoms with Gasteiger partial charge in [0.15, 0.2) is 0 Å². The van der Waals surface area contributed by atoms with Crippen molar-refractivity contribution in [1.29, 1.82) is 0 Å². The van der Waals surface area contributed by atoms with Gasteiger partial charge in [0.1, 0.15) is 0 Å². The number of carbonyl (C=O) groups is 1. The van der Waals surface area contributed by atoms with Crippen molar-refractivity contribution in [3.63, 3.8) is 0 Å². The fourth-order valence-electron chi connectivity index (χ4n) is 2.95. The molecule has 0 saturated carbocycles. The SMILES string of the molecule is Cc1ccc(N)cc1NC(=O)CN1CCCC1C(C)C. The van der Waals surface area contributed by atoms with Crippen molar-refractivity contribution in [3.8, 4) is 0 Å². The molecule has 0 radical (unpaired) electrons. The van der Waals surface area contributed by atoms with E-state index in [0.29, 0.717) is 24.2 Å². The van der Waals surface area contributed by atoms with Crippen LogP contribution in [0, 0.1) is 12.8 Å². The number of nitrogens with zero attached hydrogens (tertiary/aromatic N) is 1. The van der Waals surface area contributed by atoms with Gasteiger partial charge in [0.2, 0.25) is 5.91 Å². The Balaban J connectivity index is 1.97. The Kier molecular flexibility index (Phi) is 4.65. The fraction of sp³-hybridized carbons (Fsp3) is 0.562. The van der Waals surface area contributed by atoms with Crippen LogP contribution >= 0.6 is 0 Å². The third-order valence-corrected chi connectivity index (χ3v) is 4.07. The molecule has 1 unspecified atom stereocenters. The highest BCUT2D eigenvalue weighted by molar-refractivity contribution is 5.93. The van der Waals surface area contributed by atoms with Crippen molar-refractivity contribution in [3.05, 3.63) is 23.8 Å². The van der Waals surface area contributed by atoms with E-state index in [9.17, 15) is 4.79 Å². The highest BCUT2D eigenvalue weighted by Gasteiger charge is 2.28. The third-order valence-electron chi connectivity index (χ3n) is 4.07. The summed E-state index contributed by atoms with van der Waals surface area (Å²) in [5.41, 5.74) is 8.29. The van der Waals surface area contributed by atoms with Gasteiger partial charge in [-0.15, -0.1) is 0 Å². The number of rotatable bonds is 4. The number of amides is 1. The van der Waals surface area contributed by atoms with E-state index in [-0.39, 0.29) is 5.91 Å². The van der Waals surface area contributed by atoms with Gasteiger partial charge in [0.25, 0.3) is 0 Å². The van der Waals surface area contributed by atoms with Crippen molar-refractivity contribution in [1.82, 2.24) is 4.90 Å². The highest BCUT2D eigenvalue weighted by Crippen LogP contribution is 2.24. The van der Waals surface area contributed by atoms with E-state index >= 15 is 0 Å². The zero-order valence-corrected chi connectivity index (χ0v) is 12.6. The number of hydrogen-bond acceptors (Lipinski definition) is 3. The van der Waals surface area contributed by atoms with E-state index in [0.717, 1.165) is 17.8 Å². The predicted octanol–water partition coefficient (Wildman–Crippen LogP) is 2.64. The van der Waals surface area contributed by atoms with Crippen LogP contribution in [0.25, 0.3) is 0 Å². The summed E-state index contributed by atoms with van der Waals surface area (Å²) in [6.45, 7) is 7.91. The number of nitrogens with two attached hydrogens (primary N) is 1. The number of nitrogen functional groups attached to an aromatic ring is 1. The lowest BCUT2D eigenvalue weighted by Crippen LogP contribution is -2.39. The smallest absolute Gasteiger partial charge is 0.238 e. The van der Waals surface area contributed by atoms with E-state index in [1.807, 2.05) is 25.1 Å². The zero-order valence-electron chi connectivity index (χ0n) is 12.6. The maximum atomic E-state index is 12.2. The third kappa shape index (κ3) is 3.51. The van der Waals surface area contributed by atoms with Crippen molar-refractivity contribution in [2.75, 3.05) is 24.1 Å². The maximum absolute atomic E-state index is 12.2. The van der Waals surface area contributed by atoms with E-state index in [1.165, 1.54) is 12.8 Å². The summed E-state index contributed by atoms with van der Waals surface area (Å²) in [6, 6.07) is 6.12. The molecule has 0 spiro atoms. The second-order valence-corrected chi connectivity index (χ2v) is 6.05. The van der Waals surface area contributed by atoms with Crippen molar-refractivity contribution in [2.45, 2.75) is 39.7 Å². The van der Waals surface area contributed by atoms with Crippen LogP contribution < -0.4 is 11.1 Å². The summed E-state index contributed by atoms with van der Waals surface area (Å²) in [5.74, 6) is 0.644. The number of carbonyl (C=O) groups excluding carboxylic acids is 1. The molecule has 20 heavy (non-hydrogen) atoms. The van der Waals surface area contributed by atoms with Gasteiger partial charge >= 0.3 is 0 Å². The number of benzene rings is 1. The second-order valence-electron chi connectivity index (χ2n) is 6.05. The fourth-order valence-corrected chi connectivity index (χ4v) is 2.95. The average molecular weight is 275 g/mol. The van der Waals surface area contributed by atoms with Gasteiger partial charge in [-0.2, -0.15) is 0 Å². The number of hydrogen-bond donors (Lipinski definition) is 2. The molecule has 1 fully saturated rings. The van der Waals surface area contributed by atoms with Crippen LogP contribution in [-0.2, 0) is 4.79 Å². The molecule has 0 aliphatic carbocycles. The Morgan fingerprint density at radius 1 is 1.50 bits per heavy atom. The molecular weight excluding hydrogens is 250 g/mol. The number of likely N-dealkylation sites (tertiary alicyclic amines) is 1. The Morgan fingerprint density at radius 2 is 2.25 bits per heavy atom. The van der Waals surface area contributed by atoms with Gasteiger partial charge in [-0.05, 0) is 49.9 Å². The molecule has 0 aromatic heterocycles. The van der Waals surface area contributed by atoms with Gasteiger partial charge < -0.3 is 11.1 Å². The number of aryl methyl sites for hydroxylation is 1. The van der Waals surface area contributed by atoms with E-state index < -0.39 is 0 Å². The first-order chi connectivity index (χ1) is 9.47. The molecule has 1 amide bonds. The number of nitrogens with one attached hydrogen (secondary N) is 1. The first-order valence-electron chi connectivity index (χ1n) is 7.37. The van der Waals surface area contributed by atoms with Crippen molar-refractivity contribution in [2.24, 2.45) is 5.92 Å². The standard InChI is InChI=1S/C16H25N3O/c1-11(2)15-5-4-8-19(15)10-16(20)18-14-9-13(17)7-6-12(14)3/h6-7,9,11,15H,4-5,8,10,17H2,1-3H3,(H,18,20). The first kappa shape index (κ1) is 14.9. The molecule has 1 saturated heterocycles. The second kappa shape index (κ2) is 6.27. The Morgan fingerprint density at radius 3 is 2.95 bits per heavy atom. The maximum Gasteiger partial charge on any atom is 0.238 e. The Labute approximate surface area is 121 Å². The molecule has 1 aromatic carbocycles. The van der Waals surface area contributed by atoms with Gasteiger partial charge in [0.05, 0.1) is 6.54 Å². The van der Waals surface area contributed by atoms with Gasteiger partial charge in [-0.3, -0.25) is 9.69 Å². The Bertz CT molecular complexity index is 485. The molecular formula is C16H25N3O. The summed E-state index contributed by atoms with van der Waals surface area (Å²) < 4.78 is 0. The Hall–Kier alpha value is -1.55. The monoisotopic (exact) mass is 275 g/mol. The highest BCUT2D eigenvalue weighted by atomic mass is 16.2. The van der Waals surface area contributed by atoms with Gasteiger partial charge in [0, 0.05) is 17.4 Å². The molecule has 4 heteroatoms. The summed E-state index contributed by atoms with van der Waals surface area (Å²) in [5, 5.41) is 2.98. The quantitative estimate of drug-likeness (QED) is 0.831. The lowest BCUT2D eigenvalue weighted by atomic mass is 10.0. The van der Waals surface area contributed by atoms with Crippen molar-refractivity contribution >= 4 is 17.3 Å². The predicted molar refractivity (Wildman–Crippen MR) is 83.7 cm³/mol. The molecule has 4 nitrogen and oxygen atoms in total. The van der Waals surface area contributed by atoms with Crippen LogP contribution in [0.2, 0.25) is 0 Å². The zero-order chi connectivity index (χ0) is 14.7. The molecule has 3 N–H and O–H groups in total. The molecule has 1 heterocycles. The molecule has 110 valence electrons. The van der Waals surface area contributed by atoms with E-state index in [4.69, 9.17) is 5.73 Å². The average Bonchev–Trinajstić information content (AvgIpc) is 2.82. The summed E-state index contributed by atoms with van der Waals surface area (Å²) in [6.07, 6.45) is 2.38. The lowest BCUT2D eigenvalue weighted by Gasteiger charge is -2.26. The first-order valence-corrected chi connectivity index (χ1v) is 7.37. The molecule has 1 aliphatic heterocycles.